The normalized spacial score (nSPS) is 14.7. The fourth-order valence-electron chi connectivity index (χ4n) is 5.16. The number of hydrogen-bond donors (Lipinski definition) is 3. The van der Waals surface area contributed by atoms with E-state index in [4.69, 9.17) is 24.3 Å². The second kappa shape index (κ2) is 38.7. The van der Waals surface area contributed by atoms with E-state index in [1.54, 1.807) is 18.2 Å². The Morgan fingerprint density at radius 3 is 1.83 bits per heavy atom. The molecule has 10 nitrogen and oxygen atoms in total. The van der Waals surface area contributed by atoms with Gasteiger partial charge in [-0.3, -0.25) is 18.6 Å². The van der Waals surface area contributed by atoms with Gasteiger partial charge in [-0.25, -0.2) is 4.57 Å². The Labute approximate surface area is 327 Å². The average Bonchev–Trinajstić information content (AvgIpc) is 3.15. The van der Waals surface area contributed by atoms with E-state index in [0.717, 1.165) is 44.9 Å². The highest BCUT2D eigenvalue weighted by molar-refractivity contribution is 7.47. The van der Waals surface area contributed by atoms with Crippen molar-refractivity contribution in [2.45, 2.75) is 161 Å². The van der Waals surface area contributed by atoms with Gasteiger partial charge in [0, 0.05) is 19.4 Å². The molecule has 11 heteroatoms. The van der Waals surface area contributed by atoms with Crippen LogP contribution in [-0.4, -0.2) is 60.5 Å². The van der Waals surface area contributed by atoms with Gasteiger partial charge in [-0.1, -0.05) is 164 Å². The number of rotatable bonds is 37. The van der Waals surface area contributed by atoms with Crippen molar-refractivity contribution in [3.8, 4) is 0 Å². The molecule has 310 valence electrons. The van der Waals surface area contributed by atoms with Gasteiger partial charge in [0.1, 0.15) is 6.61 Å². The molecule has 0 aromatic rings. The van der Waals surface area contributed by atoms with Crippen molar-refractivity contribution >= 4 is 19.8 Å². The van der Waals surface area contributed by atoms with Crippen molar-refractivity contribution in [1.29, 1.82) is 0 Å². The minimum Gasteiger partial charge on any atom is -0.462 e. The maximum Gasteiger partial charge on any atom is 0.472 e. The van der Waals surface area contributed by atoms with Crippen LogP contribution in [0.1, 0.15) is 149 Å². The molecule has 0 aliphatic rings. The minimum absolute atomic E-state index is 0.0221. The van der Waals surface area contributed by atoms with Crippen molar-refractivity contribution in [2.75, 3.05) is 26.4 Å². The highest BCUT2D eigenvalue weighted by Crippen LogP contribution is 2.43. The summed E-state index contributed by atoms with van der Waals surface area (Å²) in [4.78, 5) is 34.8. The molecular weight excluding hydrogens is 705 g/mol. The molecule has 0 aromatic carbocycles. The molecule has 0 saturated heterocycles. The Balaban J connectivity index is 4.43. The summed E-state index contributed by atoms with van der Waals surface area (Å²) < 4.78 is 32.6. The van der Waals surface area contributed by atoms with Crippen LogP contribution in [0.3, 0.4) is 0 Å². The second-order valence-electron chi connectivity index (χ2n) is 13.3. The van der Waals surface area contributed by atoms with Gasteiger partial charge in [0.2, 0.25) is 0 Å². The molecule has 2 unspecified atom stereocenters. The first-order chi connectivity index (χ1) is 26.2. The first kappa shape index (κ1) is 51.4. The first-order valence-corrected chi connectivity index (χ1v) is 22.0. The molecule has 0 saturated carbocycles. The number of carbonyl (C=O) groups is 2. The maximum absolute atomic E-state index is 12.5. The average molecular weight is 780 g/mol. The van der Waals surface area contributed by atoms with E-state index in [-0.39, 0.29) is 32.6 Å². The Kier molecular flexibility index (Phi) is 36.8. The summed E-state index contributed by atoms with van der Waals surface area (Å²) in [7, 11) is -4.42. The first-order valence-electron chi connectivity index (χ1n) is 20.5. The largest absolute Gasteiger partial charge is 0.472 e. The summed E-state index contributed by atoms with van der Waals surface area (Å²) in [5, 5.41) is 10.2. The van der Waals surface area contributed by atoms with Crippen LogP contribution < -0.4 is 5.73 Å². The van der Waals surface area contributed by atoms with Gasteiger partial charge in [0.25, 0.3) is 0 Å². The SMILES string of the molecule is CC/C=C\C/C=C\C/C=C\C/C=C\C=C/C(O)C/C=C\CCC(=O)O[C@H](COC(=O)CCCCCCCCCCCCCCC)COP(=O)(O)OCCN. The van der Waals surface area contributed by atoms with Crippen LogP contribution in [0.15, 0.2) is 72.9 Å². The molecule has 0 aliphatic heterocycles. The molecule has 0 rings (SSSR count). The van der Waals surface area contributed by atoms with E-state index < -0.39 is 38.6 Å². The predicted octanol–water partition coefficient (Wildman–Crippen LogP) is 10.5. The molecule has 0 radical (unpaired) electrons. The van der Waals surface area contributed by atoms with E-state index in [9.17, 15) is 24.2 Å². The van der Waals surface area contributed by atoms with Crippen LogP contribution in [0.25, 0.3) is 0 Å². The number of allylic oxidation sites excluding steroid dienone is 10. The summed E-state index contributed by atoms with van der Waals surface area (Å²) >= 11 is 0. The zero-order chi connectivity index (χ0) is 39.8. The quantitative estimate of drug-likeness (QED) is 0.0182. The van der Waals surface area contributed by atoms with E-state index in [0.29, 0.717) is 19.3 Å². The van der Waals surface area contributed by atoms with Crippen molar-refractivity contribution in [2.24, 2.45) is 5.73 Å². The van der Waals surface area contributed by atoms with Gasteiger partial charge in [-0.2, -0.15) is 0 Å². The third kappa shape index (κ3) is 37.7. The van der Waals surface area contributed by atoms with E-state index >= 15 is 0 Å². The smallest absolute Gasteiger partial charge is 0.462 e. The standard InChI is InChI=1S/C43H74NO9P/c1-3-5-7-9-11-13-15-17-19-21-23-25-28-32-40(45)33-29-27-31-35-43(47)53-41(39-52-54(48,49)51-37-36-44)38-50-42(46)34-30-26-24-22-20-18-16-14-12-10-8-6-4-2/h5,7,11,13,17,19,23,25,27-29,32,40-41,45H,3-4,6,8-10,12,14-16,18,20-22,24,26,30-31,33-39,44H2,1-2H3,(H,48,49)/b7-5-,13-11-,19-17-,25-23-,29-27-,32-28-/t40?,41-/m1/s1. The molecule has 0 fully saturated rings. The Hall–Kier alpha value is -2.59. The number of hydrogen-bond acceptors (Lipinski definition) is 9. The van der Waals surface area contributed by atoms with Gasteiger partial charge in [-0.05, 0) is 44.9 Å². The van der Waals surface area contributed by atoms with Crippen molar-refractivity contribution in [3.05, 3.63) is 72.9 Å². The third-order valence-electron chi connectivity index (χ3n) is 8.20. The summed E-state index contributed by atoms with van der Waals surface area (Å²) in [5.74, 6) is -1.01. The molecule has 0 bridgehead atoms. The number of unbranched alkanes of at least 4 members (excludes halogenated alkanes) is 12. The number of ether oxygens (including phenoxy) is 2. The molecule has 0 amide bonds. The van der Waals surface area contributed by atoms with Crippen molar-refractivity contribution in [1.82, 2.24) is 0 Å². The molecule has 0 aliphatic carbocycles. The number of aliphatic hydroxyl groups excluding tert-OH is 1. The molecular formula is C43H74NO9P. The predicted molar refractivity (Wildman–Crippen MR) is 221 cm³/mol. The summed E-state index contributed by atoms with van der Waals surface area (Å²) in [6.07, 6.45) is 42.5. The number of phosphoric ester groups is 1. The molecule has 0 heterocycles. The zero-order valence-electron chi connectivity index (χ0n) is 33.5. The third-order valence-corrected chi connectivity index (χ3v) is 9.18. The molecule has 54 heavy (non-hydrogen) atoms. The van der Waals surface area contributed by atoms with Gasteiger partial charge in [0.15, 0.2) is 6.10 Å². The highest BCUT2D eigenvalue weighted by Gasteiger charge is 2.25. The number of esters is 2. The second-order valence-corrected chi connectivity index (χ2v) is 14.8. The Morgan fingerprint density at radius 2 is 1.24 bits per heavy atom. The topological polar surface area (TPSA) is 155 Å². The summed E-state index contributed by atoms with van der Waals surface area (Å²) in [5.41, 5.74) is 5.33. The Bertz CT molecular complexity index is 1130. The number of aliphatic hydroxyl groups is 1. The number of phosphoric acid groups is 1. The fraction of sp³-hybridized carbons (Fsp3) is 0.674. The maximum atomic E-state index is 12.5. The fourth-order valence-corrected chi connectivity index (χ4v) is 5.92. The number of nitrogens with two attached hydrogens (primary N) is 1. The van der Waals surface area contributed by atoms with Gasteiger partial charge in [0.05, 0.1) is 19.3 Å². The molecule has 0 spiro atoms. The van der Waals surface area contributed by atoms with Crippen LogP contribution in [0.5, 0.6) is 0 Å². The summed E-state index contributed by atoms with van der Waals surface area (Å²) in [6.45, 7) is 3.39. The Morgan fingerprint density at radius 1 is 0.667 bits per heavy atom. The molecule has 0 aromatic heterocycles. The monoisotopic (exact) mass is 780 g/mol. The van der Waals surface area contributed by atoms with Crippen LogP contribution in [-0.2, 0) is 32.7 Å². The van der Waals surface area contributed by atoms with Crippen molar-refractivity contribution in [3.63, 3.8) is 0 Å². The summed E-state index contributed by atoms with van der Waals surface area (Å²) in [6, 6.07) is 0. The highest BCUT2D eigenvalue weighted by atomic mass is 31.2. The lowest BCUT2D eigenvalue weighted by atomic mass is 10.0. The van der Waals surface area contributed by atoms with Gasteiger partial charge in [-0.15, -0.1) is 0 Å². The van der Waals surface area contributed by atoms with Gasteiger partial charge >= 0.3 is 19.8 Å². The zero-order valence-corrected chi connectivity index (χ0v) is 34.4. The van der Waals surface area contributed by atoms with Crippen LogP contribution in [0.2, 0.25) is 0 Å². The van der Waals surface area contributed by atoms with E-state index in [1.807, 2.05) is 18.2 Å². The van der Waals surface area contributed by atoms with Crippen molar-refractivity contribution < 1.29 is 42.7 Å². The van der Waals surface area contributed by atoms with Crippen LogP contribution in [0.4, 0.5) is 0 Å². The lowest BCUT2D eigenvalue weighted by Crippen LogP contribution is -2.29. The van der Waals surface area contributed by atoms with Gasteiger partial charge < -0.3 is 25.2 Å². The van der Waals surface area contributed by atoms with Crippen LogP contribution in [0, 0.1) is 0 Å². The lowest BCUT2D eigenvalue weighted by molar-refractivity contribution is -0.161. The van der Waals surface area contributed by atoms with E-state index in [1.165, 1.54) is 57.8 Å². The molecule has 3 atom stereocenters. The van der Waals surface area contributed by atoms with E-state index in [2.05, 4.69) is 50.3 Å². The lowest BCUT2D eigenvalue weighted by Gasteiger charge is -2.19. The van der Waals surface area contributed by atoms with Crippen LogP contribution >= 0.6 is 7.82 Å². The number of carbonyl (C=O) groups excluding carboxylic acids is 2. The molecule has 4 N–H and O–H groups in total. The minimum atomic E-state index is -4.42.